The highest BCUT2D eigenvalue weighted by molar-refractivity contribution is 7.13. The Hall–Kier alpha value is -2.38. The number of thiophene rings is 1. The second kappa shape index (κ2) is 6.50. The summed E-state index contributed by atoms with van der Waals surface area (Å²) in [5, 5.41) is 2.07. The fourth-order valence-corrected chi connectivity index (χ4v) is 4.04. The van der Waals surface area contributed by atoms with Crippen molar-refractivity contribution in [3.05, 3.63) is 41.5 Å². The minimum absolute atomic E-state index is 0.154. The van der Waals surface area contributed by atoms with Crippen LogP contribution in [0.4, 0.5) is 5.69 Å². The lowest BCUT2D eigenvalue weighted by Gasteiger charge is -2.34. The highest BCUT2D eigenvalue weighted by Crippen LogP contribution is 2.30. The van der Waals surface area contributed by atoms with Gasteiger partial charge >= 0.3 is 0 Å². The summed E-state index contributed by atoms with van der Waals surface area (Å²) in [4.78, 5) is 21.8. The first kappa shape index (κ1) is 16.1. The van der Waals surface area contributed by atoms with Gasteiger partial charge in [0.25, 0.3) is 0 Å². The van der Waals surface area contributed by atoms with Gasteiger partial charge < -0.3 is 10.6 Å². The molecule has 0 radical (unpaired) electrons. The highest BCUT2D eigenvalue weighted by Gasteiger charge is 2.22. The van der Waals surface area contributed by atoms with Crippen molar-refractivity contribution in [2.45, 2.75) is 13.5 Å². The van der Waals surface area contributed by atoms with Crippen LogP contribution >= 0.6 is 11.3 Å². The van der Waals surface area contributed by atoms with E-state index in [4.69, 9.17) is 10.7 Å². The summed E-state index contributed by atoms with van der Waals surface area (Å²) in [6.45, 7) is 5.74. The molecule has 130 valence electrons. The van der Waals surface area contributed by atoms with E-state index in [1.165, 1.54) is 4.88 Å². The third-order valence-corrected chi connectivity index (χ3v) is 5.56. The molecule has 1 amide bonds. The Morgan fingerprint density at radius 1 is 1.24 bits per heavy atom. The van der Waals surface area contributed by atoms with Crippen LogP contribution in [0.15, 0.2) is 35.8 Å². The molecule has 0 spiro atoms. The lowest BCUT2D eigenvalue weighted by Crippen LogP contribution is -2.47. The normalized spacial score (nSPS) is 15.8. The first-order valence-corrected chi connectivity index (χ1v) is 9.28. The second-order valence-electron chi connectivity index (χ2n) is 6.36. The van der Waals surface area contributed by atoms with Crippen LogP contribution in [0, 0.1) is 0 Å². The molecular formula is C18H21N5OS. The maximum Gasteiger partial charge on any atom is 0.219 e. The standard InChI is InChI=1S/C18H21N5OS/c1-13(24)22-8-6-21(7-9-22)12-15-18(16-3-2-10-25-16)20-17-5-4-14(19)11-23(15)17/h2-5,10-11H,6-9,12,19H2,1H3. The van der Waals surface area contributed by atoms with Gasteiger partial charge in [-0.2, -0.15) is 0 Å². The number of rotatable bonds is 3. The van der Waals surface area contributed by atoms with Crippen molar-refractivity contribution in [3.8, 4) is 10.6 Å². The van der Waals surface area contributed by atoms with Crippen LogP contribution in [0.5, 0.6) is 0 Å². The summed E-state index contributed by atoms with van der Waals surface area (Å²) in [5.74, 6) is 0.154. The highest BCUT2D eigenvalue weighted by atomic mass is 32.1. The molecule has 4 rings (SSSR count). The molecule has 0 aromatic carbocycles. The number of nitrogens with zero attached hydrogens (tertiary/aromatic N) is 4. The van der Waals surface area contributed by atoms with Gasteiger partial charge in [-0.05, 0) is 23.6 Å². The molecule has 1 aliphatic heterocycles. The molecule has 1 aliphatic rings. The van der Waals surface area contributed by atoms with Crippen LogP contribution in [-0.2, 0) is 11.3 Å². The molecule has 0 unspecified atom stereocenters. The molecular weight excluding hydrogens is 334 g/mol. The molecule has 25 heavy (non-hydrogen) atoms. The molecule has 3 aromatic heterocycles. The zero-order valence-electron chi connectivity index (χ0n) is 14.2. The van der Waals surface area contributed by atoms with Crippen LogP contribution < -0.4 is 5.73 Å². The summed E-state index contributed by atoms with van der Waals surface area (Å²) in [6.07, 6.45) is 1.95. The summed E-state index contributed by atoms with van der Waals surface area (Å²) in [7, 11) is 0. The van der Waals surface area contributed by atoms with Gasteiger partial charge in [0.05, 0.1) is 10.6 Å². The van der Waals surface area contributed by atoms with Gasteiger partial charge in [0.2, 0.25) is 5.91 Å². The summed E-state index contributed by atoms with van der Waals surface area (Å²) in [6, 6.07) is 8.00. The second-order valence-corrected chi connectivity index (χ2v) is 7.30. The predicted molar refractivity (Wildman–Crippen MR) is 100 cm³/mol. The predicted octanol–water partition coefficient (Wildman–Crippen LogP) is 2.31. The Balaban J connectivity index is 1.67. The SMILES string of the molecule is CC(=O)N1CCN(Cc2c(-c3cccs3)nc3ccc(N)cn23)CC1. The Kier molecular flexibility index (Phi) is 4.19. The van der Waals surface area contributed by atoms with Gasteiger partial charge in [-0.3, -0.25) is 14.1 Å². The lowest BCUT2D eigenvalue weighted by atomic mass is 10.2. The van der Waals surface area contributed by atoms with Crippen LogP contribution in [0.3, 0.4) is 0 Å². The Labute approximate surface area is 150 Å². The number of amides is 1. The van der Waals surface area contributed by atoms with Crippen molar-refractivity contribution in [2.24, 2.45) is 0 Å². The van der Waals surface area contributed by atoms with Crippen molar-refractivity contribution in [2.75, 3.05) is 31.9 Å². The number of aromatic nitrogens is 2. The van der Waals surface area contributed by atoms with Crippen molar-refractivity contribution in [1.82, 2.24) is 19.2 Å². The van der Waals surface area contributed by atoms with Gasteiger partial charge in [-0.25, -0.2) is 4.98 Å². The average Bonchev–Trinajstić information content (AvgIpc) is 3.24. The van der Waals surface area contributed by atoms with Gasteiger partial charge in [0.1, 0.15) is 11.3 Å². The topological polar surface area (TPSA) is 66.9 Å². The number of anilines is 1. The maximum absolute atomic E-state index is 11.5. The van der Waals surface area contributed by atoms with E-state index in [1.54, 1.807) is 18.3 Å². The number of imidazole rings is 1. The van der Waals surface area contributed by atoms with E-state index in [2.05, 4.69) is 20.7 Å². The summed E-state index contributed by atoms with van der Waals surface area (Å²) in [5.41, 5.74) is 9.82. The monoisotopic (exact) mass is 355 g/mol. The van der Waals surface area contributed by atoms with Crippen LogP contribution in [0.25, 0.3) is 16.2 Å². The smallest absolute Gasteiger partial charge is 0.219 e. The number of nitrogen functional groups attached to an aromatic ring is 1. The zero-order valence-corrected chi connectivity index (χ0v) is 15.0. The van der Waals surface area contributed by atoms with Crippen LogP contribution in [0.2, 0.25) is 0 Å². The van der Waals surface area contributed by atoms with Gasteiger partial charge in [0.15, 0.2) is 0 Å². The fraction of sp³-hybridized carbons (Fsp3) is 0.333. The van der Waals surface area contributed by atoms with Crippen molar-refractivity contribution < 1.29 is 4.79 Å². The van der Waals surface area contributed by atoms with Crippen LogP contribution in [-0.4, -0.2) is 51.3 Å². The Morgan fingerprint density at radius 3 is 2.72 bits per heavy atom. The van der Waals surface area contributed by atoms with Gasteiger partial charge in [0, 0.05) is 51.5 Å². The quantitative estimate of drug-likeness (QED) is 0.783. The van der Waals surface area contributed by atoms with E-state index in [1.807, 2.05) is 29.3 Å². The first-order valence-electron chi connectivity index (χ1n) is 8.40. The number of carbonyl (C=O) groups is 1. The molecule has 1 saturated heterocycles. The zero-order chi connectivity index (χ0) is 17.4. The maximum atomic E-state index is 11.5. The van der Waals surface area contributed by atoms with Crippen molar-refractivity contribution in [1.29, 1.82) is 0 Å². The van der Waals surface area contributed by atoms with E-state index >= 15 is 0 Å². The first-order chi connectivity index (χ1) is 12.1. The number of nitrogens with two attached hydrogens (primary N) is 1. The van der Waals surface area contributed by atoms with E-state index in [9.17, 15) is 4.79 Å². The Morgan fingerprint density at radius 2 is 2.04 bits per heavy atom. The summed E-state index contributed by atoms with van der Waals surface area (Å²) >= 11 is 1.70. The average molecular weight is 355 g/mol. The van der Waals surface area contributed by atoms with Gasteiger partial charge in [-0.15, -0.1) is 11.3 Å². The third-order valence-electron chi connectivity index (χ3n) is 4.69. The van der Waals surface area contributed by atoms with Crippen molar-refractivity contribution >= 4 is 28.6 Å². The molecule has 3 aromatic rings. The third kappa shape index (κ3) is 3.12. The van der Waals surface area contributed by atoms with E-state index < -0.39 is 0 Å². The number of carbonyl (C=O) groups excluding carboxylic acids is 1. The number of fused-ring (bicyclic) bond motifs is 1. The number of hydrogen-bond donors (Lipinski definition) is 1. The number of pyridine rings is 1. The van der Waals surface area contributed by atoms with E-state index in [-0.39, 0.29) is 5.91 Å². The molecule has 0 atom stereocenters. The molecule has 1 fully saturated rings. The lowest BCUT2D eigenvalue weighted by molar-refractivity contribution is -0.130. The summed E-state index contributed by atoms with van der Waals surface area (Å²) < 4.78 is 2.10. The minimum Gasteiger partial charge on any atom is -0.398 e. The number of hydrogen-bond acceptors (Lipinski definition) is 5. The van der Waals surface area contributed by atoms with Crippen molar-refractivity contribution in [3.63, 3.8) is 0 Å². The molecule has 0 bridgehead atoms. The molecule has 0 saturated carbocycles. The fourth-order valence-electron chi connectivity index (χ4n) is 3.30. The minimum atomic E-state index is 0.154. The molecule has 7 heteroatoms. The molecule has 4 heterocycles. The Bertz CT molecular complexity index is 894. The van der Waals surface area contributed by atoms with E-state index in [0.29, 0.717) is 0 Å². The largest absolute Gasteiger partial charge is 0.398 e. The van der Waals surface area contributed by atoms with Crippen LogP contribution in [0.1, 0.15) is 12.6 Å². The molecule has 2 N–H and O–H groups in total. The molecule has 0 aliphatic carbocycles. The van der Waals surface area contributed by atoms with E-state index in [0.717, 1.165) is 55.4 Å². The van der Waals surface area contributed by atoms with Gasteiger partial charge in [-0.1, -0.05) is 6.07 Å². The molecule has 6 nitrogen and oxygen atoms in total. The number of piperazine rings is 1.